The molecule has 0 bridgehead atoms. The van der Waals surface area contributed by atoms with Crippen molar-refractivity contribution in [1.29, 1.82) is 0 Å². The Morgan fingerprint density at radius 3 is 2.57 bits per heavy atom. The van der Waals surface area contributed by atoms with Gasteiger partial charge in [0.05, 0.1) is 12.7 Å². The van der Waals surface area contributed by atoms with E-state index < -0.39 is 24.1 Å². The normalized spacial score (nSPS) is 11.4. The van der Waals surface area contributed by atoms with Crippen molar-refractivity contribution in [3.63, 3.8) is 0 Å². The third-order valence-corrected chi connectivity index (χ3v) is 3.43. The molecule has 1 aromatic carbocycles. The molecule has 21 heavy (non-hydrogen) atoms. The summed E-state index contributed by atoms with van der Waals surface area (Å²) in [6.45, 7) is 3.35. The fraction of sp³-hybridized carbons (Fsp3) is 0.357. The van der Waals surface area contributed by atoms with Crippen LogP contribution in [0.15, 0.2) is 29.2 Å². The highest BCUT2D eigenvalue weighted by molar-refractivity contribution is 7.99. The standard InChI is InChI=1S/C14H17NO5S/c1-4-21-11-8-6-5-7-10(11)13(17)20-9(2)12(16)15-14(18)19-3/h5-9H,4H2,1-3H3,(H,15,16,18)/t9-/m0/s1. The van der Waals surface area contributed by atoms with Gasteiger partial charge in [-0.15, -0.1) is 11.8 Å². The van der Waals surface area contributed by atoms with Gasteiger partial charge in [0.2, 0.25) is 0 Å². The Labute approximate surface area is 127 Å². The van der Waals surface area contributed by atoms with Crippen LogP contribution in [-0.4, -0.2) is 36.9 Å². The number of imide groups is 1. The van der Waals surface area contributed by atoms with Crippen LogP contribution in [0.25, 0.3) is 0 Å². The van der Waals surface area contributed by atoms with E-state index in [-0.39, 0.29) is 0 Å². The van der Waals surface area contributed by atoms with Gasteiger partial charge in [0, 0.05) is 4.90 Å². The molecule has 0 saturated heterocycles. The number of alkyl carbamates (subject to hydrolysis) is 1. The molecule has 114 valence electrons. The fourth-order valence-electron chi connectivity index (χ4n) is 1.45. The molecule has 1 rings (SSSR count). The molecule has 2 amide bonds. The Kier molecular flexibility index (Phi) is 6.74. The van der Waals surface area contributed by atoms with E-state index in [4.69, 9.17) is 4.74 Å². The summed E-state index contributed by atoms with van der Waals surface area (Å²) in [5, 5.41) is 1.94. The van der Waals surface area contributed by atoms with Gasteiger partial charge in [-0.3, -0.25) is 10.1 Å². The van der Waals surface area contributed by atoms with Crippen molar-refractivity contribution in [1.82, 2.24) is 5.32 Å². The Morgan fingerprint density at radius 2 is 1.95 bits per heavy atom. The molecule has 0 spiro atoms. The summed E-state index contributed by atoms with van der Waals surface area (Å²) >= 11 is 1.50. The van der Waals surface area contributed by atoms with Gasteiger partial charge in [-0.1, -0.05) is 19.1 Å². The van der Waals surface area contributed by atoms with Crippen LogP contribution in [0.3, 0.4) is 0 Å². The maximum absolute atomic E-state index is 12.1. The second-order valence-corrected chi connectivity index (χ2v) is 5.26. The summed E-state index contributed by atoms with van der Waals surface area (Å²) in [6, 6.07) is 6.98. The van der Waals surface area contributed by atoms with Crippen LogP contribution in [0, 0.1) is 0 Å². The Bertz CT molecular complexity index is 532. The summed E-state index contributed by atoms with van der Waals surface area (Å²) < 4.78 is 9.36. The smallest absolute Gasteiger partial charge is 0.413 e. The zero-order valence-corrected chi connectivity index (χ0v) is 12.9. The number of thioether (sulfide) groups is 1. The van der Waals surface area contributed by atoms with Crippen molar-refractivity contribution < 1.29 is 23.9 Å². The van der Waals surface area contributed by atoms with Crippen LogP contribution in [-0.2, 0) is 14.3 Å². The summed E-state index contributed by atoms with van der Waals surface area (Å²) in [5.41, 5.74) is 0.391. The Balaban J connectivity index is 2.72. The largest absolute Gasteiger partial charge is 0.453 e. The first-order valence-corrected chi connectivity index (χ1v) is 7.29. The number of rotatable bonds is 5. The lowest BCUT2D eigenvalue weighted by Crippen LogP contribution is -2.39. The van der Waals surface area contributed by atoms with E-state index in [1.165, 1.54) is 18.7 Å². The molecule has 0 fully saturated rings. The molecule has 6 nitrogen and oxygen atoms in total. The molecule has 1 atom stereocenters. The number of amides is 2. The Hall–Kier alpha value is -2.02. The van der Waals surface area contributed by atoms with Crippen LogP contribution in [0.2, 0.25) is 0 Å². The lowest BCUT2D eigenvalue weighted by atomic mass is 10.2. The van der Waals surface area contributed by atoms with Gasteiger partial charge in [0.1, 0.15) is 0 Å². The summed E-state index contributed by atoms with van der Waals surface area (Å²) in [4.78, 5) is 35.4. The topological polar surface area (TPSA) is 81.7 Å². The third kappa shape index (κ3) is 5.11. The van der Waals surface area contributed by atoms with Gasteiger partial charge in [-0.2, -0.15) is 0 Å². The van der Waals surface area contributed by atoms with Crippen LogP contribution in [0.4, 0.5) is 4.79 Å². The number of methoxy groups -OCH3 is 1. The van der Waals surface area contributed by atoms with Crippen molar-refractivity contribution >= 4 is 29.7 Å². The maximum atomic E-state index is 12.1. The van der Waals surface area contributed by atoms with E-state index in [0.717, 1.165) is 17.8 Å². The number of hydrogen-bond acceptors (Lipinski definition) is 6. The van der Waals surface area contributed by atoms with E-state index in [1.807, 2.05) is 24.4 Å². The minimum Gasteiger partial charge on any atom is -0.453 e. The molecule has 0 aromatic heterocycles. The summed E-state index contributed by atoms with van der Waals surface area (Å²) in [5.74, 6) is -0.544. The molecule has 0 aliphatic heterocycles. The maximum Gasteiger partial charge on any atom is 0.413 e. The monoisotopic (exact) mass is 311 g/mol. The van der Waals surface area contributed by atoms with Crippen LogP contribution >= 0.6 is 11.8 Å². The molecule has 0 unspecified atom stereocenters. The predicted molar refractivity (Wildman–Crippen MR) is 78.3 cm³/mol. The van der Waals surface area contributed by atoms with Crippen molar-refractivity contribution in [3.05, 3.63) is 29.8 Å². The highest BCUT2D eigenvalue weighted by atomic mass is 32.2. The zero-order chi connectivity index (χ0) is 15.8. The van der Waals surface area contributed by atoms with E-state index in [2.05, 4.69) is 4.74 Å². The predicted octanol–water partition coefficient (Wildman–Crippen LogP) is 2.23. The fourth-order valence-corrected chi connectivity index (χ4v) is 2.24. The molecule has 0 aliphatic carbocycles. The molecule has 0 heterocycles. The first-order chi connectivity index (χ1) is 9.99. The number of esters is 1. The zero-order valence-electron chi connectivity index (χ0n) is 12.0. The highest BCUT2D eigenvalue weighted by Gasteiger charge is 2.22. The second-order valence-electron chi connectivity index (χ2n) is 3.96. The van der Waals surface area contributed by atoms with E-state index in [1.54, 1.807) is 12.1 Å². The first kappa shape index (κ1) is 17.0. The van der Waals surface area contributed by atoms with Crippen molar-refractivity contribution in [3.8, 4) is 0 Å². The average Bonchev–Trinajstić information content (AvgIpc) is 2.47. The molecule has 1 aromatic rings. The lowest BCUT2D eigenvalue weighted by molar-refractivity contribution is -0.128. The molecule has 0 radical (unpaired) electrons. The summed E-state index contributed by atoms with van der Waals surface area (Å²) in [7, 11) is 1.14. The van der Waals surface area contributed by atoms with Gasteiger partial charge in [-0.25, -0.2) is 9.59 Å². The van der Waals surface area contributed by atoms with E-state index in [0.29, 0.717) is 5.56 Å². The van der Waals surface area contributed by atoms with Crippen LogP contribution < -0.4 is 5.32 Å². The van der Waals surface area contributed by atoms with Gasteiger partial charge in [-0.05, 0) is 24.8 Å². The highest BCUT2D eigenvalue weighted by Crippen LogP contribution is 2.23. The third-order valence-electron chi connectivity index (χ3n) is 2.47. The van der Waals surface area contributed by atoms with Gasteiger partial charge in [0.15, 0.2) is 6.10 Å². The van der Waals surface area contributed by atoms with Crippen LogP contribution in [0.1, 0.15) is 24.2 Å². The molecule has 1 N–H and O–H groups in total. The minimum absolute atomic E-state index is 0.391. The minimum atomic E-state index is -1.10. The number of hydrogen-bond donors (Lipinski definition) is 1. The van der Waals surface area contributed by atoms with E-state index in [9.17, 15) is 14.4 Å². The molecule has 7 heteroatoms. The number of carbonyl (C=O) groups is 3. The van der Waals surface area contributed by atoms with Gasteiger partial charge in [0.25, 0.3) is 5.91 Å². The molecule has 0 saturated carbocycles. The van der Waals surface area contributed by atoms with Crippen LogP contribution in [0.5, 0.6) is 0 Å². The van der Waals surface area contributed by atoms with Crippen molar-refractivity contribution in [2.75, 3.05) is 12.9 Å². The lowest BCUT2D eigenvalue weighted by Gasteiger charge is -2.13. The number of carbonyl (C=O) groups excluding carboxylic acids is 3. The summed E-state index contributed by atoms with van der Waals surface area (Å²) in [6.07, 6.45) is -2.00. The molecule has 0 aliphatic rings. The molecular weight excluding hydrogens is 294 g/mol. The Morgan fingerprint density at radius 1 is 1.29 bits per heavy atom. The quantitative estimate of drug-likeness (QED) is 0.663. The van der Waals surface area contributed by atoms with E-state index >= 15 is 0 Å². The second kappa shape index (κ2) is 8.31. The average molecular weight is 311 g/mol. The number of nitrogens with one attached hydrogen (secondary N) is 1. The first-order valence-electron chi connectivity index (χ1n) is 6.31. The van der Waals surface area contributed by atoms with Gasteiger partial charge >= 0.3 is 12.1 Å². The van der Waals surface area contributed by atoms with Crippen molar-refractivity contribution in [2.45, 2.75) is 24.8 Å². The molecular formula is C14H17NO5S. The number of benzene rings is 1. The number of ether oxygens (including phenoxy) is 2. The van der Waals surface area contributed by atoms with Gasteiger partial charge < -0.3 is 9.47 Å². The van der Waals surface area contributed by atoms with Crippen molar-refractivity contribution in [2.24, 2.45) is 0 Å². The SMILES string of the molecule is CCSc1ccccc1C(=O)O[C@@H](C)C(=O)NC(=O)OC.